The van der Waals surface area contributed by atoms with Crippen molar-refractivity contribution in [3.8, 4) is 0 Å². The predicted octanol–water partition coefficient (Wildman–Crippen LogP) is -2.87. The molecule has 1 fully saturated rings. The summed E-state index contributed by atoms with van der Waals surface area (Å²) in [5, 5.41) is 0. The maximum absolute atomic E-state index is 1.50. The second-order valence-electron chi connectivity index (χ2n) is 2.83. The first-order valence-electron chi connectivity index (χ1n) is 4.00. The zero-order valence-electron chi connectivity index (χ0n) is 6.77. The normalized spacial score (nSPS) is 17.5. The van der Waals surface area contributed by atoms with Crippen molar-refractivity contribution >= 4 is 0 Å². The van der Waals surface area contributed by atoms with Gasteiger partial charge in [-0.3, -0.25) is 0 Å². The third-order valence-electron chi connectivity index (χ3n) is 2.00. The van der Waals surface area contributed by atoms with Crippen molar-refractivity contribution in [1.29, 1.82) is 0 Å². The van der Waals surface area contributed by atoms with E-state index in [4.69, 9.17) is 0 Å². The number of hydrogen-bond donors (Lipinski definition) is 0. The molecule has 0 saturated heterocycles. The standard InChI is InChI=1S/C8H16.2ClH.Ru/c1-2-4-6-8-7-5-3-1;;;/h1-8H2;2*1H;/q;;;+2/p-2. The summed E-state index contributed by atoms with van der Waals surface area (Å²) < 4.78 is 0. The summed E-state index contributed by atoms with van der Waals surface area (Å²) in [5.41, 5.74) is 0. The summed E-state index contributed by atoms with van der Waals surface area (Å²) in [6.45, 7) is 0. The smallest absolute Gasteiger partial charge is 1.00 e. The first-order chi connectivity index (χ1) is 4.00. The van der Waals surface area contributed by atoms with Gasteiger partial charge in [0.25, 0.3) is 0 Å². The second-order valence-corrected chi connectivity index (χ2v) is 2.83. The fraction of sp³-hybridized carbons (Fsp3) is 1.00. The molecule has 0 heterocycles. The van der Waals surface area contributed by atoms with Crippen molar-refractivity contribution in [2.24, 2.45) is 0 Å². The predicted molar refractivity (Wildman–Crippen MR) is 36.9 cm³/mol. The van der Waals surface area contributed by atoms with Gasteiger partial charge in [0, 0.05) is 0 Å². The average Bonchev–Trinajstić information content (AvgIpc) is 1.62. The van der Waals surface area contributed by atoms with E-state index in [9.17, 15) is 0 Å². The summed E-state index contributed by atoms with van der Waals surface area (Å²) in [7, 11) is 0. The summed E-state index contributed by atoms with van der Waals surface area (Å²) in [6, 6.07) is 0. The van der Waals surface area contributed by atoms with Gasteiger partial charge in [-0.15, -0.1) is 0 Å². The molecule has 70 valence electrons. The van der Waals surface area contributed by atoms with Crippen LogP contribution < -0.4 is 24.8 Å². The van der Waals surface area contributed by atoms with Crippen molar-refractivity contribution in [3.05, 3.63) is 0 Å². The molecule has 0 nitrogen and oxygen atoms in total. The van der Waals surface area contributed by atoms with Crippen LogP contribution in [0.3, 0.4) is 0 Å². The van der Waals surface area contributed by atoms with Crippen LogP contribution in [0.15, 0.2) is 0 Å². The van der Waals surface area contributed by atoms with Crippen LogP contribution in [0.2, 0.25) is 0 Å². The molecule has 1 saturated carbocycles. The van der Waals surface area contributed by atoms with Crippen molar-refractivity contribution in [3.63, 3.8) is 0 Å². The maximum Gasteiger partial charge on any atom is 2.00 e. The van der Waals surface area contributed by atoms with Crippen molar-refractivity contribution < 1.29 is 44.3 Å². The van der Waals surface area contributed by atoms with E-state index in [0.29, 0.717) is 0 Å². The fourth-order valence-electron chi connectivity index (χ4n) is 1.41. The largest absolute Gasteiger partial charge is 2.00 e. The van der Waals surface area contributed by atoms with Crippen molar-refractivity contribution in [2.45, 2.75) is 51.4 Å². The van der Waals surface area contributed by atoms with Gasteiger partial charge in [0.2, 0.25) is 0 Å². The summed E-state index contributed by atoms with van der Waals surface area (Å²) in [6.07, 6.45) is 12.0. The van der Waals surface area contributed by atoms with Crippen molar-refractivity contribution in [1.82, 2.24) is 0 Å². The average molecular weight is 284 g/mol. The molecule has 11 heavy (non-hydrogen) atoms. The number of hydrogen-bond acceptors (Lipinski definition) is 0. The van der Waals surface area contributed by atoms with Gasteiger partial charge in [0.15, 0.2) is 0 Å². The Morgan fingerprint density at radius 1 is 0.364 bits per heavy atom. The van der Waals surface area contributed by atoms with E-state index in [1.165, 1.54) is 51.4 Å². The first kappa shape index (κ1) is 18.1. The van der Waals surface area contributed by atoms with E-state index in [1.54, 1.807) is 0 Å². The van der Waals surface area contributed by atoms with Gasteiger partial charge in [-0.2, -0.15) is 0 Å². The van der Waals surface area contributed by atoms with E-state index < -0.39 is 0 Å². The van der Waals surface area contributed by atoms with Gasteiger partial charge in [0.05, 0.1) is 0 Å². The zero-order valence-corrected chi connectivity index (χ0v) is 10.0. The fourth-order valence-corrected chi connectivity index (χ4v) is 1.41. The molecule has 1 aliphatic rings. The van der Waals surface area contributed by atoms with Crippen molar-refractivity contribution in [2.75, 3.05) is 0 Å². The van der Waals surface area contributed by atoms with Crippen LogP contribution in [0, 0.1) is 0 Å². The van der Waals surface area contributed by atoms with Crippen LogP contribution in [0.5, 0.6) is 0 Å². The third kappa shape index (κ3) is 11.2. The molecular formula is C8H16Cl2Ru. The minimum Gasteiger partial charge on any atom is -1.00 e. The summed E-state index contributed by atoms with van der Waals surface area (Å²) in [5.74, 6) is 0. The molecule has 0 aromatic rings. The molecule has 0 bridgehead atoms. The summed E-state index contributed by atoms with van der Waals surface area (Å²) >= 11 is 0. The van der Waals surface area contributed by atoms with Crippen LogP contribution in [-0.2, 0) is 19.5 Å². The first-order valence-corrected chi connectivity index (χ1v) is 4.00. The number of rotatable bonds is 0. The van der Waals surface area contributed by atoms with Gasteiger partial charge in [-0.25, -0.2) is 0 Å². The molecule has 1 rings (SSSR count). The van der Waals surface area contributed by atoms with E-state index in [2.05, 4.69) is 0 Å². The molecule has 3 heteroatoms. The minimum absolute atomic E-state index is 0. The molecule has 0 radical (unpaired) electrons. The van der Waals surface area contributed by atoms with Crippen LogP contribution in [0.4, 0.5) is 0 Å². The Morgan fingerprint density at radius 2 is 0.455 bits per heavy atom. The molecule has 0 amide bonds. The Labute approximate surface area is 95.5 Å². The maximum atomic E-state index is 1.50. The van der Waals surface area contributed by atoms with Crippen LogP contribution >= 0.6 is 0 Å². The van der Waals surface area contributed by atoms with E-state index in [-0.39, 0.29) is 44.3 Å². The molecule has 1 aliphatic carbocycles. The molecule has 0 aromatic carbocycles. The molecule has 0 spiro atoms. The van der Waals surface area contributed by atoms with Gasteiger partial charge < -0.3 is 24.8 Å². The Balaban J connectivity index is -0.000000213. The zero-order chi connectivity index (χ0) is 5.66. The second kappa shape index (κ2) is 13.8. The Kier molecular flexibility index (Phi) is 22.6. The molecule has 0 aromatic heterocycles. The third-order valence-corrected chi connectivity index (χ3v) is 2.00. The van der Waals surface area contributed by atoms with Crippen LogP contribution in [-0.4, -0.2) is 0 Å². The van der Waals surface area contributed by atoms with E-state index in [1.807, 2.05) is 0 Å². The minimum atomic E-state index is 0. The number of halogens is 2. The topological polar surface area (TPSA) is 0 Å². The van der Waals surface area contributed by atoms with E-state index in [0.717, 1.165) is 0 Å². The quantitative estimate of drug-likeness (QED) is 0.420. The van der Waals surface area contributed by atoms with Gasteiger partial charge in [-0.05, 0) is 0 Å². The molecule has 0 N–H and O–H groups in total. The van der Waals surface area contributed by atoms with Crippen LogP contribution in [0.1, 0.15) is 51.4 Å². The van der Waals surface area contributed by atoms with Gasteiger partial charge in [-0.1, -0.05) is 51.4 Å². The molecular weight excluding hydrogens is 268 g/mol. The monoisotopic (exact) mass is 284 g/mol. The van der Waals surface area contributed by atoms with E-state index >= 15 is 0 Å². The van der Waals surface area contributed by atoms with Crippen LogP contribution in [0.25, 0.3) is 0 Å². The molecule has 0 unspecified atom stereocenters. The van der Waals surface area contributed by atoms with Gasteiger partial charge >= 0.3 is 19.5 Å². The Morgan fingerprint density at radius 3 is 0.545 bits per heavy atom. The molecule has 0 aliphatic heterocycles. The summed E-state index contributed by atoms with van der Waals surface area (Å²) in [4.78, 5) is 0. The Bertz CT molecular complexity index is 36.1. The molecule has 0 atom stereocenters. The van der Waals surface area contributed by atoms with Gasteiger partial charge in [0.1, 0.15) is 0 Å². The Hall–Kier alpha value is 1.20. The SMILES string of the molecule is C1CCCCCCC1.[Cl-].[Cl-].[Ru+2].